The van der Waals surface area contributed by atoms with Crippen LogP contribution >= 0.6 is 0 Å². The lowest BCUT2D eigenvalue weighted by atomic mass is 10.1. The molecule has 1 unspecified atom stereocenters. The van der Waals surface area contributed by atoms with E-state index in [1.54, 1.807) is 12.1 Å². The molecule has 0 bridgehead atoms. The van der Waals surface area contributed by atoms with Gasteiger partial charge in [0.25, 0.3) is 0 Å². The first-order chi connectivity index (χ1) is 10.7. The summed E-state index contributed by atoms with van der Waals surface area (Å²) in [6, 6.07) is 14.2. The normalized spacial score (nSPS) is 11.8. The van der Waals surface area contributed by atoms with Gasteiger partial charge >= 0.3 is 5.97 Å². The molecule has 2 N–H and O–H groups in total. The summed E-state index contributed by atoms with van der Waals surface area (Å²) in [6.07, 6.45) is -1.05. The smallest absolute Gasteiger partial charge is 0.341 e. The van der Waals surface area contributed by atoms with E-state index in [1.807, 2.05) is 30.3 Å². The fourth-order valence-electron chi connectivity index (χ4n) is 1.99. The highest BCUT2D eigenvalue weighted by molar-refractivity contribution is 5.92. The first-order valence-electron chi connectivity index (χ1n) is 6.83. The van der Waals surface area contributed by atoms with Crippen molar-refractivity contribution in [3.05, 3.63) is 65.2 Å². The predicted molar refractivity (Wildman–Crippen MR) is 80.6 cm³/mol. The van der Waals surface area contributed by atoms with Crippen LogP contribution in [0.2, 0.25) is 0 Å². The van der Waals surface area contributed by atoms with Crippen LogP contribution in [0.3, 0.4) is 0 Å². The van der Waals surface area contributed by atoms with Gasteiger partial charge in [-0.1, -0.05) is 36.4 Å². The second-order valence-corrected chi connectivity index (χ2v) is 4.72. The van der Waals surface area contributed by atoms with Crippen LogP contribution in [0.1, 0.15) is 27.6 Å². The number of rotatable bonds is 6. The molecule has 0 amide bonds. The lowest BCUT2D eigenvalue weighted by molar-refractivity contribution is 0.0594. The molecular formula is C17H18O5. The lowest BCUT2D eigenvalue weighted by Gasteiger charge is -2.14. The number of ether oxygens (including phenoxy) is 2. The Kier molecular flexibility index (Phi) is 5.52. The highest BCUT2D eigenvalue weighted by atomic mass is 16.5. The summed E-state index contributed by atoms with van der Waals surface area (Å²) < 4.78 is 10.4. The Balaban J connectivity index is 2.24. The zero-order valence-electron chi connectivity index (χ0n) is 12.2. The average Bonchev–Trinajstić information content (AvgIpc) is 2.59. The van der Waals surface area contributed by atoms with Crippen molar-refractivity contribution in [1.29, 1.82) is 0 Å². The molecule has 0 aliphatic rings. The summed E-state index contributed by atoms with van der Waals surface area (Å²) in [5, 5.41) is 18.7. The Bertz CT molecular complexity index is 624. The molecule has 0 aliphatic heterocycles. The van der Waals surface area contributed by atoms with Crippen molar-refractivity contribution in [2.45, 2.75) is 12.7 Å². The molecule has 2 aromatic rings. The van der Waals surface area contributed by atoms with E-state index in [4.69, 9.17) is 14.6 Å². The highest BCUT2D eigenvalue weighted by Crippen LogP contribution is 2.25. The van der Waals surface area contributed by atoms with E-state index in [-0.39, 0.29) is 5.56 Å². The van der Waals surface area contributed by atoms with Crippen LogP contribution in [0.25, 0.3) is 0 Å². The van der Waals surface area contributed by atoms with E-state index in [2.05, 4.69) is 0 Å². The monoisotopic (exact) mass is 302 g/mol. The Morgan fingerprint density at radius 2 is 1.91 bits per heavy atom. The molecule has 0 aliphatic carbocycles. The number of esters is 1. The van der Waals surface area contributed by atoms with E-state index in [0.717, 1.165) is 5.56 Å². The van der Waals surface area contributed by atoms with Gasteiger partial charge in [-0.3, -0.25) is 0 Å². The first-order valence-corrected chi connectivity index (χ1v) is 6.83. The first kappa shape index (κ1) is 16.0. The van der Waals surface area contributed by atoms with E-state index < -0.39 is 18.7 Å². The number of carbonyl (C=O) groups excluding carboxylic acids is 1. The summed E-state index contributed by atoms with van der Waals surface area (Å²) in [4.78, 5) is 11.9. The molecule has 0 heterocycles. The Morgan fingerprint density at radius 3 is 2.55 bits per heavy atom. The fraction of sp³-hybridized carbons (Fsp3) is 0.235. The maximum absolute atomic E-state index is 11.9. The number of methoxy groups -OCH3 is 1. The van der Waals surface area contributed by atoms with Gasteiger partial charge in [-0.05, 0) is 23.3 Å². The summed E-state index contributed by atoms with van der Waals surface area (Å²) in [6.45, 7) is -0.114. The molecule has 0 saturated heterocycles. The Hall–Kier alpha value is -2.37. The van der Waals surface area contributed by atoms with E-state index >= 15 is 0 Å². The van der Waals surface area contributed by atoms with Gasteiger partial charge in [-0.15, -0.1) is 0 Å². The highest BCUT2D eigenvalue weighted by Gasteiger charge is 2.17. The SMILES string of the molecule is COC(=O)c1cc(C(O)CO)ccc1OCc1ccccc1. The minimum absolute atomic E-state index is 0.212. The standard InChI is InChI=1S/C17H18O5/c1-21-17(20)14-9-13(15(19)10-18)7-8-16(14)22-11-12-5-3-2-4-6-12/h2-9,15,18-19H,10-11H2,1H3. The van der Waals surface area contributed by atoms with Gasteiger partial charge in [0.05, 0.1) is 13.7 Å². The molecule has 116 valence electrons. The van der Waals surface area contributed by atoms with Gasteiger partial charge in [-0.25, -0.2) is 4.79 Å². The Labute approximate surface area is 128 Å². The Morgan fingerprint density at radius 1 is 1.18 bits per heavy atom. The molecule has 5 nitrogen and oxygen atoms in total. The summed E-state index contributed by atoms with van der Waals surface area (Å²) >= 11 is 0. The molecule has 0 saturated carbocycles. The molecular weight excluding hydrogens is 284 g/mol. The second kappa shape index (κ2) is 7.59. The van der Waals surface area contributed by atoms with Crippen molar-refractivity contribution in [2.75, 3.05) is 13.7 Å². The van der Waals surface area contributed by atoms with Gasteiger partial charge in [-0.2, -0.15) is 0 Å². The van der Waals surface area contributed by atoms with Crippen molar-refractivity contribution in [3.63, 3.8) is 0 Å². The molecule has 0 fully saturated rings. The second-order valence-electron chi connectivity index (χ2n) is 4.72. The molecule has 0 spiro atoms. The maximum atomic E-state index is 11.9. The van der Waals surface area contributed by atoms with Crippen LogP contribution in [-0.2, 0) is 11.3 Å². The van der Waals surface area contributed by atoms with Crippen molar-refractivity contribution < 1.29 is 24.5 Å². The van der Waals surface area contributed by atoms with Crippen LogP contribution in [0.5, 0.6) is 5.75 Å². The van der Waals surface area contributed by atoms with E-state index in [0.29, 0.717) is 17.9 Å². The maximum Gasteiger partial charge on any atom is 0.341 e. The fourth-order valence-corrected chi connectivity index (χ4v) is 1.99. The molecule has 2 aromatic carbocycles. The number of aliphatic hydroxyl groups is 2. The zero-order valence-corrected chi connectivity index (χ0v) is 12.2. The van der Waals surface area contributed by atoms with Gasteiger partial charge in [0.2, 0.25) is 0 Å². The number of carbonyl (C=O) groups is 1. The van der Waals surface area contributed by atoms with E-state index in [1.165, 1.54) is 13.2 Å². The third kappa shape index (κ3) is 3.84. The molecule has 2 rings (SSSR count). The number of hydrogen-bond acceptors (Lipinski definition) is 5. The van der Waals surface area contributed by atoms with Gasteiger partial charge in [0.1, 0.15) is 24.0 Å². The average molecular weight is 302 g/mol. The third-order valence-electron chi connectivity index (χ3n) is 3.20. The summed E-state index contributed by atoms with van der Waals surface area (Å²) in [7, 11) is 1.28. The summed E-state index contributed by atoms with van der Waals surface area (Å²) in [5.74, 6) is -0.195. The van der Waals surface area contributed by atoms with Crippen molar-refractivity contribution in [2.24, 2.45) is 0 Å². The minimum atomic E-state index is -1.05. The zero-order chi connectivity index (χ0) is 15.9. The van der Waals surface area contributed by atoms with Gasteiger partial charge in [0, 0.05) is 0 Å². The largest absolute Gasteiger partial charge is 0.488 e. The number of hydrogen-bond donors (Lipinski definition) is 2. The number of aliphatic hydroxyl groups excluding tert-OH is 2. The third-order valence-corrected chi connectivity index (χ3v) is 3.20. The molecule has 1 atom stereocenters. The van der Waals surface area contributed by atoms with Crippen molar-refractivity contribution in [3.8, 4) is 5.75 Å². The van der Waals surface area contributed by atoms with Gasteiger partial charge < -0.3 is 19.7 Å². The van der Waals surface area contributed by atoms with Crippen LogP contribution < -0.4 is 4.74 Å². The van der Waals surface area contributed by atoms with Crippen LogP contribution in [0.4, 0.5) is 0 Å². The van der Waals surface area contributed by atoms with Crippen molar-refractivity contribution in [1.82, 2.24) is 0 Å². The minimum Gasteiger partial charge on any atom is -0.488 e. The quantitative estimate of drug-likeness (QED) is 0.799. The van der Waals surface area contributed by atoms with Crippen LogP contribution in [0, 0.1) is 0 Å². The molecule has 5 heteroatoms. The van der Waals surface area contributed by atoms with E-state index in [9.17, 15) is 9.90 Å². The van der Waals surface area contributed by atoms with Crippen molar-refractivity contribution >= 4 is 5.97 Å². The molecule has 0 aromatic heterocycles. The van der Waals surface area contributed by atoms with Crippen LogP contribution in [0.15, 0.2) is 48.5 Å². The van der Waals surface area contributed by atoms with Crippen LogP contribution in [-0.4, -0.2) is 29.9 Å². The predicted octanol–water partition coefficient (Wildman–Crippen LogP) is 2.08. The van der Waals surface area contributed by atoms with Gasteiger partial charge in [0.15, 0.2) is 0 Å². The topological polar surface area (TPSA) is 76.0 Å². The molecule has 0 radical (unpaired) electrons. The summed E-state index contributed by atoms with van der Waals surface area (Å²) in [5.41, 5.74) is 1.61. The molecule has 22 heavy (non-hydrogen) atoms. The number of benzene rings is 2. The lowest BCUT2D eigenvalue weighted by Crippen LogP contribution is -2.09.